The fourth-order valence-electron chi connectivity index (χ4n) is 3.04. The van der Waals surface area contributed by atoms with Crippen molar-refractivity contribution in [2.75, 3.05) is 12.4 Å². The minimum Gasteiger partial charge on any atom is -0.464 e. The quantitative estimate of drug-likeness (QED) is 0.424. The number of hydrogen-bond acceptors (Lipinski definition) is 4. The highest BCUT2D eigenvalue weighted by Crippen LogP contribution is 2.44. The highest BCUT2D eigenvalue weighted by Gasteiger charge is 2.43. The molecule has 0 saturated carbocycles. The predicted molar refractivity (Wildman–Crippen MR) is 107 cm³/mol. The van der Waals surface area contributed by atoms with Crippen LogP contribution in [-0.4, -0.2) is 35.2 Å². The molecule has 1 heterocycles. The largest absolute Gasteiger partial charge is 0.464 e. The van der Waals surface area contributed by atoms with Gasteiger partial charge in [-0.15, -0.1) is 11.8 Å². The minimum absolute atomic E-state index is 0.00877. The molecule has 6 heteroatoms. The molecule has 0 aliphatic carbocycles. The number of carbonyl (C=O) groups excluding carboxylic acids is 2. The molecule has 1 aromatic carbocycles. The van der Waals surface area contributed by atoms with Gasteiger partial charge in [0.05, 0.1) is 6.61 Å². The maximum atomic E-state index is 13.0. The molecule has 0 N–H and O–H groups in total. The van der Waals surface area contributed by atoms with Gasteiger partial charge in [-0.1, -0.05) is 62.9 Å². The second-order valence-corrected chi connectivity index (χ2v) is 8.02. The summed E-state index contributed by atoms with van der Waals surface area (Å²) in [7, 11) is 0. The van der Waals surface area contributed by atoms with E-state index in [0.29, 0.717) is 23.8 Å². The van der Waals surface area contributed by atoms with Gasteiger partial charge in [0.15, 0.2) is 0 Å². The minimum atomic E-state index is -0.536. The normalized spacial score (nSPS) is 19.6. The van der Waals surface area contributed by atoms with Crippen molar-refractivity contribution in [3.8, 4) is 0 Å². The summed E-state index contributed by atoms with van der Waals surface area (Å²) in [4.78, 5) is 27.2. The zero-order chi connectivity index (χ0) is 18.9. The summed E-state index contributed by atoms with van der Waals surface area (Å²) < 4.78 is 5.33. The first-order valence-electron chi connectivity index (χ1n) is 9.44. The van der Waals surface area contributed by atoms with Crippen molar-refractivity contribution in [1.29, 1.82) is 0 Å². The van der Waals surface area contributed by atoms with E-state index in [1.165, 1.54) is 0 Å². The SMILES string of the molecule is CCCCCCC(=O)N1[C@@H](c2ccccc2Cl)SC[C@H]1C(=O)OCCC. The zero-order valence-corrected chi connectivity index (χ0v) is 17.2. The Balaban J connectivity index is 2.17. The maximum Gasteiger partial charge on any atom is 0.329 e. The first-order valence-corrected chi connectivity index (χ1v) is 10.9. The summed E-state index contributed by atoms with van der Waals surface area (Å²) in [5.74, 6) is 0.240. The Kier molecular flexibility index (Phi) is 8.79. The van der Waals surface area contributed by atoms with Crippen molar-refractivity contribution in [2.45, 2.75) is 63.8 Å². The Labute approximate surface area is 165 Å². The lowest BCUT2D eigenvalue weighted by Gasteiger charge is -2.29. The van der Waals surface area contributed by atoms with Crippen LogP contribution in [0.4, 0.5) is 0 Å². The third kappa shape index (κ3) is 5.40. The molecule has 0 spiro atoms. The average Bonchev–Trinajstić information content (AvgIpc) is 3.08. The molecule has 0 bridgehead atoms. The lowest BCUT2D eigenvalue weighted by molar-refractivity contribution is -0.154. The van der Waals surface area contributed by atoms with E-state index >= 15 is 0 Å². The number of ether oxygens (including phenoxy) is 1. The maximum absolute atomic E-state index is 13.0. The predicted octanol–water partition coefficient (Wildman–Crippen LogP) is 5.21. The van der Waals surface area contributed by atoms with E-state index < -0.39 is 6.04 Å². The van der Waals surface area contributed by atoms with Crippen LogP contribution in [0.15, 0.2) is 24.3 Å². The number of esters is 1. The number of amides is 1. The summed E-state index contributed by atoms with van der Waals surface area (Å²) in [5, 5.41) is 0.387. The second-order valence-electron chi connectivity index (χ2n) is 6.50. The number of nitrogens with zero attached hydrogens (tertiary/aromatic N) is 1. The van der Waals surface area contributed by atoms with E-state index in [1.807, 2.05) is 31.2 Å². The summed E-state index contributed by atoms with van der Waals surface area (Å²) in [6.07, 6.45) is 5.36. The molecular formula is C20H28ClNO3S. The third-order valence-electron chi connectivity index (χ3n) is 4.42. The van der Waals surface area contributed by atoms with Crippen molar-refractivity contribution in [2.24, 2.45) is 0 Å². The van der Waals surface area contributed by atoms with E-state index in [0.717, 1.165) is 37.7 Å². The number of rotatable bonds is 9. The molecule has 0 unspecified atom stereocenters. The van der Waals surface area contributed by atoms with Crippen LogP contribution in [0.3, 0.4) is 0 Å². The van der Waals surface area contributed by atoms with Gasteiger partial charge in [-0.25, -0.2) is 4.79 Å². The summed E-state index contributed by atoms with van der Waals surface area (Å²) in [6.45, 7) is 4.49. The fourth-order valence-corrected chi connectivity index (χ4v) is 4.81. The summed E-state index contributed by atoms with van der Waals surface area (Å²) in [5.41, 5.74) is 0.881. The number of unbranched alkanes of at least 4 members (excludes halogenated alkanes) is 3. The van der Waals surface area contributed by atoms with E-state index in [1.54, 1.807) is 16.7 Å². The molecule has 1 fully saturated rings. The van der Waals surface area contributed by atoms with Crippen molar-refractivity contribution in [1.82, 2.24) is 4.90 Å². The number of halogens is 1. The zero-order valence-electron chi connectivity index (χ0n) is 15.6. The van der Waals surface area contributed by atoms with E-state index in [4.69, 9.17) is 16.3 Å². The molecule has 0 radical (unpaired) electrons. The summed E-state index contributed by atoms with van der Waals surface area (Å²) >= 11 is 7.94. The molecule has 4 nitrogen and oxygen atoms in total. The van der Waals surface area contributed by atoms with Gasteiger partial charge in [-0.2, -0.15) is 0 Å². The first kappa shape index (κ1) is 21.1. The van der Waals surface area contributed by atoms with Gasteiger partial charge in [0.2, 0.25) is 5.91 Å². The smallest absolute Gasteiger partial charge is 0.329 e. The van der Waals surface area contributed by atoms with Crippen molar-refractivity contribution < 1.29 is 14.3 Å². The molecule has 1 aliphatic rings. The number of carbonyl (C=O) groups is 2. The van der Waals surface area contributed by atoms with Gasteiger partial charge in [0.1, 0.15) is 11.4 Å². The molecule has 1 amide bonds. The van der Waals surface area contributed by atoms with Gasteiger partial charge in [0, 0.05) is 22.8 Å². The molecule has 1 aromatic rings. The topological polar surface area (TPSA) is 46.6 Å². The Bertz CT molecular complexity index is 610. The first-order chi connectivity index (χ1) is 12.6. The fraction of sp³-hybridized carbons (Fsp3) is 0.600. The summed E-state index contributed by atoms with van der Waals surface area (Å²) in [6, 6.07) is 7.00. The van der Waals surface area contributed by atoms with E-state index in [2.05, 4.69) is 6.92 Å². The molecular weight excluding hydrogens is 370 g/mol. The van der Waals surface area contributed by atoms with Crippen LogP contribution in [0.25, 0.3) is 0 Å². The van der Waals surface area contributed by atoms with Crippen LogP contribution in [-0.2, 0) is 14.3 Å². The molecule has 26 heavy (non-hydrogen) atoms. The van der Waals surface area contributed by atoms with Crippen molar-refractivity contribution in [3.05, 3.63) is 34.9 Å². The lowest BCUT2D eigenvalue weighted by atomic mass is 10.1. The van der Waals surface area contributed by atoms with Crippen LogP contribution in [0.1, 0.15) is 63.3 Å². The number of benzene rings is 1. The van der Waals surface area contributed by atoms with Crippen LogP contribution in [0.5, 0.6) is 0 Å². The van der Waals surface area contributed by atoms with Crippen LogP contribution >= 0.6 is 23.4 Å². The van der Waals surface area contributed by atoms with Gasteiger partial charge in [0.25, 0.3) is 0 Å². The molecule has 2 rings (SSSR count). The Morgan fingerprint density at radius 3 is 2.65 bits per heavy atom. The van der Waals surface area contributed by atoms with Crippen molar-refractivity contribution >= 4 is 35.2 Å². The average molecular weight is 398 g/mol. The molecule has 2 atom stereocenters. The molecule has 144 valence electrons. The van der Waals surface area contributed by atoms with Crippen LogP contribution in [0.2, 0.25) is 5.02 Å². The highest BCUT2D eigenvalue weighted by atomic mass is 35.5. The number of thioether (sulfide) groups is 1. The van der Waals surface area contributed by atoms with Gasteiger partial charge in [-0.05, 0) is 18.9 Å². The second kappa shape index (κ2) is 10.8. The Morgan fingerprint density at radius 1 is 1.19 bits per heavy atom. The van der Waals surface area contributed by atoms with E-state index in [-0.39, 0.29) is 17.3 Å². The lowest BCUT2D eigenvalue weighted by Crippen LogP contribution is -2.43. The van der Waals surface area contributed by atoms with Gasteiger partial charge >= 0.3 is 5.97 Å². The molecule has 1 saturated heterocycles. The highest BCUT2D eigenvalue weighted by molar-refractivity contribution is 7.99. The molecule has 0 aromatic heterocycles. The number of hydrogen-bond donors (Lipinski definition) is 0. The van der Waals surface area contributed by atoms with Gasteiger partial charge in [-0.3, -0.25) is 4.79 Å². The van der Waals surface area contributed by atoms with Crippen LogP contribution < -0.4 is 0 Å². The Morgan fingerprint density at radius 2 is 1.96 bits per heavy atom. The molecule has 1 aliphatic heterocycles. The van der Waals surface area contributed by atoms with Crippen molar-refractivity contribution in [3.63, 3.8) is 0 Å². The Hall–Kier alpha value is -1.20. The standard InChI is InChI=1S/C20H28ClNO3S/c1-3-5-6-7-12-18(23)22-17(20(24)25-13-4-2)14-26-19(22)15-10-8-9-11-16(15)21/h8-11,17,19H,3-7,12-14H2,1-2H3/t17-,19+/m0/s1. The van der Waals surface area contributed by atoms with Gasteiger partial charge < -0.3 is 9.64 Å². The third-order valence-corrected chi connectivity index (χ3v) is 6.07. The van der Waals surface area contributed by atoms with Crippen LogP contribution in [0, 0.1) is 0 Å². The monoisotopic (exact) mass is 397 g/mol. The van der Waals surface area contributed by atoms with E-state index in [9.17, 15) is 9.59 Å².